The van der Waals surface area contributed by atoms with E-state index in [1.54, 1.807) is 0 Å². The number of carbonyl (C=O) groups is 1. The summed E-state index contributed by atoms with van der Waals surface area (Å²) in [6, 6.07) is 0. The van der Waals surface area contributed by atoms with Gasteiger partial charge in [-0.15, -0.1) is 0 Å². The van der Waals surface area contributed by atoms with Gasteiger partial charge in [-0.2, -0.15) is 0 Å². The molecule has 0 radical (unpaired) electrons. The van der Waals surface area contributed by atoms with Crippen LogP contribution in [-0.4, -0.2) is 30.7 Å². The predicted octanol–water partition coefficient (Wildman–Crippen LogP) is 1.58. The predicted molar refractivity (Wildman–Crippen MR) is 68.7 cm³/mol. The fraction of sp³-hybridized carbons (Fsp3) is 0.923. The Morgan fingerprint density at radius 1 is 1.53 bits per heavy atom. The Morgan fingerprint density at radius 3 is 2.82 bits per heavy atom. The van der Waals surface area contributed by atoms with Gasteiger partial charge in [0.15, 0.2) is 0 Å². The average molecular weight is 242 g/mol. The van der Waals surface area contributed by atoms with Crippen LogP contribution < -0.4 is 11.1 Å². The quantitative estimate of drug-likeness (QED) is 0.743. The molecule has 1 heterocycles. The van der Waals surface area contributed by atoms with Crippen LogP contribution in [0.3, 0.4) is 0 Å². The molecule has 0 aromatic heterocycles. The molecule has 0 saturated carbocycles. The molecule has 4 nitrogen and oxygen atoms in total. The van der Waals surface area contributed by atoms with E-state index < -0.39 is 0 Å². The topological polar surface area (TPSA) is 64.3 Å². The van der Waals surface area contributed by atoms with E-state index >= 15 is 0 Å². The van der Waals surface area contributed by atoms with Gasteiger partial charge in [-0.3, -0.25) is 4.79 Å². The van der Waals surface area contributed by atoms with E-state index in [0.717, 1.165) is 32.3 Å². The first-order valence-electron chi connectivity index (χ1n) is 6.72. The number of ether oxygens (including phenoxy) is 1. The molecule has 0 aliphatic carbocycles. The number of carbonyl (C=O) groups excluding carboxylic acids is 1. The normalized spacial score (nSPS) is 24.1. The summed E-state index contributed by atoms with van der Waals surface area (Å²) in [5.41, 5.74) is 5.41. The SMILES string of the molecule is CCC(C)(CCN)NC(=O)CC1CCCCO1. The number of hydrogen-bond donors (Lipinski definition) is 2. The lowest BCUT2D eigenvalue weighted by Crippen LogP contribution is -2.47. The van der Waals surface area contributed by atoms with Crippen molar-refractivity contribution in [3.63, 3.8) is 0 Å². The highest BCUT2D eigenvalue weighted by atomic mass is 16.5. The van der Waals surface area contributed by atoms with E-state index in [1.165, 1.54) is 6.42 Å². The molecular formula is C13H26N2O2. The van der Waals surface area contributed by atoms with Crippen molar-refractivity contribution in [2.45, 2.75) is 64.0 Å². The van der Waals surface area contributed by atoms with E-state index in [-0.39, 0.29) is 17.6 Å². The van der Waals surface area contributed by atoms with Gasteiger partial charge in [0.2, 0.25) is 5.91 Å². The monoisotopic (exact) mass is 242 g/mol. The Bertz CT molecular complexity index is 240. The maximum Gasteiger partial charge on any atom is 0.223 e. The second-order valence-corrected chi connectivity index (χ2v) is 5.19. The molecule has 2 atom stereocenters. The number of nitrogens with one attached hydrogen (secondary N) is 1. The Morgan fingerprint density at radius 2 is 2.29 bits per heavy atom. The van der Waals surface area contributed by atoms with Gasteiger partial charge in [-0.25, -0.2) is 0 Å². The van der Waals surface area contributed by atoms with Crippen LogP contribution in [0.15, 0.2) is 0 Å². The Balaban J connectivity index is 2.36. The van der Waals surface area contributed by atoms with Crippen LogP contribution in [0.25, 0.3) is 0 Å². The van der Waals surface area contributed by atoms with Crippen LogP contribution >= 0.6 is 0 Å². The van der Waals surface area contributed by atoms with E-state index in [9.17, 15) is 4.79 Å². The minimum absolute atomic E-state index is 0.0923. The van der Waals surface area contributed by atoms with E-state index in [2.05, 4.69) is 19.2 Å². The fourth-order valence-electron chi connectivity index (χ4n) is 2.21. The lowest BCUT2D eigenvalue weighted by molar-refractivity contribution is -0.126. The van der Waals surface area contributed by atoms with Gasteiger partial charge >= 0.3 is 0 Å². The minimum atomic E-state index is -0.166. The third kappa shape index (κ3) is 5.04. The van der Waals surface area contributed by atoms with Crippen LogP contribution in [0, 0.1) is 0 Å². The Hall–Kier alpha value is -0.610. The lowest BCUT2D eigenvalue weighted by atomic mass is 9.94. The van der Waals surface area contributed by atoms with Gasteiger partial charge in [0.05, 0.1) is 12.5 Å². The number of nitrogens with two attached hydrogens (primary N) is 1. The van der Waals surface area contributed by atoms with Crippen molar-refractivity contribution < 1.29 is 9.53 Å². The minimum Gasteiger partial charge on any atom is -0.378 e. The highest BCUT2D eigenvalue weighted by Crippen LogP contribution is 2.18. The molecular weight excluding hydrogens is 216 g/mol. The van der Waals surface area contributed by atoms with Crippen molar-refractivity contribution in [3.05, 3.63) is 0 Å². The van der Waals surface area contributed by atoms with Gasteiger partial charge in [0, 0.05) is 12.1 Å². The molecule has 4 heteroatoms. The highest BCUT2D eigenvalue weighted by Gasteiger charge is 2.25. The second kappa shape index (κ2) is 6.97. The summed E-state index contributed by atoms with van der Waals surface area (Å²) in [7, 11) is 0. The third-order valence-corrected chi connectivity index (χ3v) is 3.60. The van der Waals surface area contributed by atoms with Crippen molar-refractivity contribution in [3.8, 4) is 0 Å². The molecule has 0 aromatic rings. The zero-order valence-corrected chi connectivity index (χ0v) is 11.1. The zero-order valence-electron chi connectivity index (χ0n) is 11.1. The second-order valence-electron chi connectivity index (χ2n) is 5.19. The van der Waals surface area contributed by atoms with Crippen molar-refractivity contribution in [1.82, 2.24) is 5.32 Å². The Labute approximate surface area is 104 Å². The van der Waals surface area contributed by atoms with Crippen LogP contribution in [0.4, 0.5) is 0 Å². The van der Waals surface area contributed by atoms with Gasteiger partial charge in [-0.05, 0) is 45.6 Å². The molecule has 1 rings (SSSR count). The summed E-state index contributed by atoms with van der Waals surface area (Å²) in [5.74, 6) is 0.0923. The molecule has 2 unspecified atom stereocenters. The average Bonchev–Trinajstić information content (AvgIpc) is 2.30. The number of amides is 1. The molecule has 100 valence electrons. The molecule has 1 saturated heterocycles. The molecule has 1 aliphatic rings. The first kappa shape index (κ1) is 14.5. The van der Waals surface area contributed by atoms with Crippen molar-refractivity contribution in [2.75, 3.05) is 13.2 Å². The summed E-state index contributed by atoms with van der Waals surface area (Å²) in [6.07, 6.45) is 5.63. The lowest BCUT2D eigenvalue weighted by Gasteiger charge is -2.30. The summed E-state index contributed by atoms with van der Waals surface area (Å²) in [6.45, 7) is 5.53. The molecule has 1 amide bonds. The molecule has 17 heavy (non-hydrogen) atoms. The molecule has 0 aromatic carbocycles. The van der Waals surface area contributed by atoms with Crippen molar-refractivity contribution >= 4 is 5.91 Å². The van der Waals surface area contributed by atoms with Gasteiger partial charge in [-0.1, -0.05) is 6.92 Å². The zero-order chi connectivity index (χ0) is 12.7. The number of rotatable bonds is 6. The van der Waals surface area contributed by atoms with Crippen molar-refractivity contribution in [2.24, 2.45) is 5.73 Å². The summed E-state index contributed by atoms with van der Waals surface area (Å²) in [5, 5.41) is 3.09. The third-order valence-electron chi connectivity index (χ3n) is 3.60. The highest BCUT2D eigenvalue weighted by molar-refractivity contribution is 5.77. The molecule has 3 N–H and O–H groups in total. The molecule has 0 bridgehead atoms. The smallest absolute Gasteiger partial charge is 0.223 e. The van der Waals surface area contributed by atoms with Crippen LogP contribution in [0.5, 0.6) is 0 Å². The van der Waals surface area contributed by atoms with Crippen LogP contribution in [0.2, 0.25) is 0 Å². The van der Waals surface area contributed by atoms with Crippen molar-refractivity contribution in [1.29, 1.82) is 0 Å². The first-order valence-corrected chi connectivity index (χ1v) is 6.72. The van der Waals surface area contributed by atoms with Gasteiger partial charge in [0.1, 0.15) is 0 Å². The summed E-state index contributed by atoms with van der Waals surface area (Å²) < 4.78 is 5.57. The standard InChI is InChI=1S/C13H26N2O2/c1-3-13(2,7-8-14)15-12(16)10-11-6-4-5-9-17-11/h11H,3-10,14H2,1-2H3,(H,15,16). The first-order chi connectivity index (χ1) is 8.09. The number of hydrogen-bond acceptors (Lipinski definition) is 3. The summed E-state index contributed by atoms with van der Waals surface area (Å²) >= 11 is 0. The van der Waals surface area contributed by atoms with Crippen LogP contribution in [0.1, 0.15) is 52.4 Å². The van der Waals surface area contributed by atoms with Crippen LogP contribution in [-0.2, 0) is 9.53 Å². The maximum atomic E-state index is 11.9. The largest absolute Gasteiger partial charge is 0.378 e. The van der Waals surface area contributed by atoms with Gasteiger partial charge < -0.3 is 15.8 Å². The molecule has 1 aliphatic heterocycles. The molecule has 1 fully saturated rings. The van der Waals surface area contributed by atoms with E-state index in [0.29, 0.717) is 13.0 Å². The maximum absolute atomic E-state index is 11.9. The molecule has 0 spiro atoms. The summed E-state index contributed by atoms with van der Waals surface area (Å²) in [4.78, 5) is 11.9. The van der Waals surface area contributed by atoms with E-state index in [4.69, 9.17) is 10.5 Å². The Kier molecular flexibility index (Phi) is 5.92. The fourth-order valence-corrected chi connectivity index (χ4v) is 2.21. The van der Waals surface area contributed by atoms with E-state index in [1.807, 2.05) is 0 Å². The van der Waals surface area contributed by atoms with Gasteiger partial charge in [0.25, 0.3) is 0 Å².